The van der Waals surface area contributed by atoms with Gasteiger partial charge in [0.05, 0.1) is 6.54 Å². The van der Waals surface area contributed by atoms with Crippen molar-refractivity contribution in [2.24, 2.45) is 4.99 Å². The van der Waals surface area contributed by atoms with Crippen LogP contribution >= 0.6 is 0 Å². The van der Waals surface area contributed by atoms with Crippen LogP contribution in [0.25, 0.3) is 0 Å². The summed E-state index contributed by atoms with van der Waals surface area (Å²) in [6.45, 7) is 1.81. The lowest BCUT2D eigenvalue weighted by Gasteiger charge is -2.31. The number of benzene rings is 2. The molecule has 0 atom stereocenters. The van der Waals surface area contributed by atoms with Crippen LogP contribution in [0.15, 0.2) is 53.5 Å². The minimum atomic E-state index is -0.141. The Balaban J connectivity index is 1.56. The number of guanidine groups is 1. The Morgan fingerprint density at radius 2 is 2.04 bits per heavy atom. The molecule has 1 aliphatic rings. The predicted molar refractivity (Wildman–Crippen MR) is 105 cm³/mol. The zero-order chi connectivity index (χ0) is 18.4. The van der Waals surface area contributed by atoms with Gasteiger partial charge in [-0.2, -0.15) is 0 Å². The summed E-state index contributed by atoms with van der Waals surface area (Å²) >= 11 is 0. The first kappa shape index (κ1) is 17.6. The lowest BCUT2D eigenvalue weighted by Crippen LogP contribution is -2.46. The number of rotatable bonds is 3. The fraction of sp³-hybridized carbons (Fsp3) is 0.238. The number of nitrogens with one attached hydrogen (secondary N) is 2. The molecule has 3 rings (SSSR count). The Hall–Kier alpha value is -3.26. The summed E-state index contributed by atoms with van der Waals surface area (Å²) in [7, 11) is 1.73. The van der Waals surface area contributed by atoms with Crippen molar-refractivity contribution >= 4 is 17.6 Å². The number of anilines is 1. The molecule has 1 aliphatic heterocycles. The second kappa shape index (κ2) is 8.21. The van der Waals surface area contributed by atoms with E-state index in [1.807, 2.05) is 18.2 Å². The number of nitrogens with zero attached hydrogens (tertiary/aromatic N) is 2. The van der Waals surface area contributed by atoms with Crippen molar-refractivity contribution < 1.29 is 4.79 Å². The molecule has 1 amide bonds. The van der Waals surface area contributed by atoms with Gasteiger partial charge >= 0.3 is 0 Å². The molecule has 0 spiro atoms. The van der Waals surface area contributed by atoms with Gasteiger partial charge in [-0.3, -0.25) is 9.79 Å². The van der Waals surface area contributed by atoms with Gasteiger partial charge in [0.1, 0.15) is 0 Å². The molecule has 26 heavy (non-hydrogen) atoms. The largest absolute Gasteiger partial charge is 0.347 e. The third-order valence-electron chi connectivity index (χ3n) is 4.36. The molecule has 1 heterocycles. The number of terminal acetylenes is 1. The number of fused-ring (bicyclic) bond motifs is 1. The van der Waals surface area contributed by atoms with E-state index in [9.17, 15) is 4.79 Å². The molecule has 2 aromatic rings. The number of carbonyl (C=O) groups is 1. The van der Waals surface area contributed by atoms with E-state index in [1.54, 1.807) is 13.1 Å². The summed E-state index contributed by atoms with van der Waals surface area (Å²) < 4.78 is 0. The van der Waals surface area contributed by atoms with Gasteiger partial charge in [-0.15, -0.1) is 6.42 Å². The molecule has 0 fully saturated rings. The normalized spacial score (nSPS) is 13.5. The van der Waals surface area contributed by atoms with Gasteiger partial charge in [-0.1, -0.05) is 36.3 Å². The first-order chi connectivity index (χ1) is 12.7. The van der Waals surface area contributed by atoms with Crippen molar-refractivity contribution in [2.45, 2.75) is 13.0 Å². The number of aliphatic imine (C=N–C) groups is 1. The van der Waals surface area contributed by atoms with Crippen molar-refractivity contribution in [1.29, 1.82) is 0 Å². The van der Waals surface area contributed by atoms with Crippen LogP contribution in [-0.4, -0.2) is 36.9 Å². The monoisotopic (exact) mass is 346 g/mol. The Labute approximate surface area is 154 Å². The molecule has 0 saturated heterocycles. The Bertz CT molecular complexity index is 866. The summed E-state index contributed by atoms with van der Waals surface area (Å²) in [6.07, 6.45) is 6.36. The lowest BCUT2D eigenvalue weighted by molar-refractivity contribution is -0.115. The average Bonchev–Trinajstić information content (AvgIpc) is 2.68. The van der Waals surface area contributed by atoms with Gasteiger partial charge < -0.3 is 15.5 Å². The molecular formula is C21H22N4O. The summed E-state index contributed by atoms with van der Waals surface area (Å²) in [5.74, 6) is 3.15. The van der Waals surface area contributed by atoms with Crippen LogP contribution in [-0.2, 0) is 17.8 Å². The Kier molecular flexibility index (Phi) is 5.55. The van der Waals surface area contributed by atoms with Crippen LogP contribution in [0.3, 0.4) is 0 Å². The molecule has 5 heteroatoms. The van der Waals surface area contributed by atoms with Crippen LogP contribution in [0, 0.1) is 12.3 Å². The quantitative estimate of drug-likeness (QED) is 0.509. The zero-order valence-corrected chi connectivity index (χ0v) is 14.8. The van der Waals surface area contributed by atoms with Gasteiger partial charge in [0.25, 0.3) is 0 Å². The predicted octanol–water partition coefficient (Wildman–Crippen LogP) is 2.24. The second-order valence-corrected chi connectivity index (χ2v) is 6.11. The smallest absolute Gasteiger partial charge is 0.243 e. The molecule has 0 aliphatic carbocycles. The fourth-order valence-electron chi connectivity index (χ4n) is 3.06. The third-order valence-corrected chi connectivity index (χ3v) is 4.36. The molecular weight excluding hydrogens is 324 g/mol. The molecule has 2 aromatic carbocycles. The zero-order valence-electron chi connectivity index (χ0n) is 14.8. The van der Waals surface area contributed by atoms with Crippen molar-refractivity contribution in [3.8, 4) is 12.3 Å². The molecule has 2 N–H and O–H groups in total. The lowest BCUT2D eigenvalue weighted by atomic mass is 10.0. The maximum atomic E-state index is 12.2. The standard InChI is InChI=1S/C21H22N4O/c1-3-16-7-6-10-19(13-16)24-20(26)14-23-21(22-2)25-12-11-17-8-4-5-9-18(17)15-25/h1,4-10,13H,11-12,14-15H2,2H3,(H,22,23)(H,24,26). The van der Waals surface area contributed by atoms with Crippen molar-refractivity contribution in [3.05, 3.63) is 65.2 Å². The first-order valence-electron chi connectivity index (χ1n) is 8.58. The molecule has 132 valence electrons. The number of amides is 1. The highest BCUT2D eigenvalue weighted by atomic mass is 16.1. The van der Waals surface area contributed by atoms with E-state index < -0.39 is 0 Å². The van der Waals surface area contributed by atoms with Crippen LogP contribution in [0.4, 0.5) is 5.69 Å². The number of hydrogen-bond donors (Lipinski definition) is 2. The van der Waals surface area contributed by atoms with Crippen LogP contribution in [0.5, 0.6) is 0 Å². The highest BCUT2D eigenvalue weighted by molar-refractivity contribution is 5.95. The van der Waals surface area contributed by atoms with E-state index in [1.165, 1.54) is 11.1 Å². The van der Waals surface area contributed by atoms with Crippen molar-refractivity contribution in [3.63, 3.8) is 0 Å². The SMILES string of the molecule is C#Cc1cccc(NC(=O)CNC(=NC)N2CCc3ccccc3C2)c1. The minimum Gasteiger partial charge on any atom is -0.347 e. The minimum absolute atomic E-state index is 0.141. The molecule has 0 radical (unpaired) electrons. The Morgan fingerprint density at radius 1 is 1.23 bits per heavy atom. The van der Waals surface area contributed by atoms with Crippen molar-refractivity contribution in [1.82, 2.24) is 10.2 Å². The topological polar surface area (TPSA) is 56.7 Å². The van der Waals surface area contributed by atoms with E-state index in [0.717, 1.165) is 31.0 Å². The highest BCUT2D eigenvalue weighted by Gasteiger charge is 2.19. The number of carbonyl (C=O) groups excluding carboxylic acids is 1. The summed E-state index contributed by atoms with van der Waals surface area (Å²) in [5, 5.41) is 5.99. The fourth-order valence-corrected chi connectivity index (χ4v) is 3.06. The summed E-state index contributed by atoms with van der Waals surface area (Å²) in [6, 6.07) is 15.7. The Morgan fingerprint density at radius 3 is 2.81 bits per heavy atom. The van der Waals surface area contributed by atoms with Gasteiger partial charge in [-0.25, -0.2) is 0 Å². The summed E-state index contributed by atoms with van der Waals surface area (Å²) in [5.41, 5.74) is 4.11. The highest BCUT2D eigenvalue weighted by Crippen LogP contribution is 2.18. The second-order valence-electron chi connectivity index (χ2n) is 6.11. The van der Waals surface area contributed by atoms with Gasteiger partial charge in [0, 0.05) is 31.4 Å². The van der Waals surface area contributed by atoms with E-state index in [0.29, 0.717) is 5.69 Å². The van der Waals surface area contributed by atoms with E-state index in [4.69, 9.17) is 6.42 Å². The van der Waals surface area contributed by atoms with E-state index in [2.05, 4.69) is 50.7 Å². The maximum Gasteiger partial charge on any atom is 0.243 e. The first-order valence-corrected chi connectivity index (χ1v) is 8.58. The van der Waals surface area contributed by atoms with Gasteiger partial charge in [-0.05, 0) is 35.7 Å². The average molecular weight is 346 g/mol. The number of hydrogen-bond acceptors (Lipinski definition) is 2. The van der Waals surface area contributed by atoms with E-state index in [-0.39, 0.29) is 12.5 Å². The van der Waals surface area contributed by atoms with Gasteiger partial charge in [0.15, 0.2) is 5.96 Å². The molecule has 0 bridgehead atoms. The van der Waals surface area contributed by atoms with Crippen LogP contribution in [0.2, 0.25) is 0 Å². The summed E-state index contributed by atoms with van der Waals surface area (Å²) in [4.78, 5) is 18.7. The molecule has 5 nitrogen and oxygen atoms in total. The van der Waals surface area contributed by atoms with Gasteiger partial charge in [0.2, 0.25) is 5.91 Å². The maximum absolute atomic E-state index is 12.2. The third kappa shape index (κ3) is 4.22. The molecule has 0 saturated carbocycles. The van der Waals surface area contributed by atoms with E-state index >= 15 is 0 Å². The molecule has 0 aromatic heterocycles. The van der Waals surface area contributed by atoms with Crippen LogP contribution in [0.1, 0.15) is 16.7 Å². The molecule has 0 unspecified atom stereocenters. The van der Waals surface area contributed by atoms with Crippen molar-refractivity contribution in [2.75, 3.05) is 25.5 Å². The van der Waals surface area contributed by atoms with Crippen LogP contribution < -0.4 is 10.6 Å².